The molecule has 3 aromatic heterocycles. The van der Waals surface area contributed by atoms with Crippen molar-refractivity contribution in [2.75, 3.05) is 13.1 Å². The quantitative estimate of drug-likeness (QED) is 0.243. The van der Waals surface area contributed by atoms with Crippen LogP contribution in [0.1, 0.15) is 43.0 Å². The maximum absolute atomic E-state index is 13.4. The minimum atomic E-state index is -1.42. The molecule has 5 rings (SSSR count). The Morgan fingerprint density at radius 3 is 2.70 bits per heavy atom. The molecule has 0 saturated carbocycles. The zero-order valence-corrected chi connectivity index (χ0v) is 21.9. The van der Waals surface area contributed by atoms with Crippen LogP contribution in [0.3, 0.4) is 0 Å². The van der Waals surface area contributed by atoms with E-state index >= 15 is 0 Å². The zero-order valence-electron chi connectivity index (χ0n) is 20.3. The summed E-state index contributed by atoms with van der Waals surface area (Å²) in [5.74, 6) is 0.600. The van der Waals surface area contributed by atoms with E-state index in [1.807, 2.05) is 6.07 Å². The summed E-state index contributed by atoms with van der Waals surface area (Å²) < 4.78 is 12.7. The fourth-order valence-electron chi connectivity index (χ4n) is 4.52. The number of nitrogens with one attached hydrogen (secondary N) is 1. The summed E-state index contributed by atoms with van der Waals surface area (Å²) in [6.45, 7) is 6.37. The van der Waals surface area contributed by atoms with Crippen molar-refractivity contribution < 1.29 is 24.0 Å². The van der Waals surface area contributed by atoms with Crippen molar-refractivity contribution in [2.45, 2.75) is 45.3 Å². The number of halogens is 1. The third-order valence-corrected chi connectivity index (χ3v) is 7.66. The number of carbonyl (C=O) groups excluding carboxylic acids is 1. The topological polar surface area (TPSA) is 123 Å². The van der Waals surface area contributed by atoms with Crippen LogP contribution in [0.2, 0.25) is 4.34 Å². The highest BCUT2D eigenvalue weighted by Crippen LogP contribution is 2.32. The maximum atomic E-state index is 13.4. The van der Waals surface area contributed by atoms with E-state index in [2.05, 4.69) is 34.2 Å². The second kappa shape index (κ2) is 10.5. The van der Waals surface area contributed by atoms with Gasteiger partial charge in [-0.1, -0.05) is 16.8 Å². The molecule has 0 bridgehead atoms. The molecule has 1 saturated heterocycles. The van der Waals surface area contributed by atoms with Crippen molar-refractivity contribution in [3.63, 3.8) is 0 Å². The molecule has 12 heteroatoms. The molecule has 1 aliphatic heterocycles. The maximum Gasteiger partial charge on any atom is 0.511 e. The molecule has 1 aliphatic rings. The second-order valence-corrected chi connectivity index (χ2v) is 10.9. The molecule has 0 atom stereocenters. The lowest BCUT2D eigenvalue weighted by Gasteiger charge is -2.34. The lowest BCUT2D eigenvalue weighted by Crippen LogP contribution is -2.47. The van der Waals surface area contributed by atoms with Gasteiger partial charge in [0.1, 0.15) is 11.4 Å². The van der Waals surface area contributed by atoms with E-state index in [4.69, 9.17) is 26.0 Å². The number of aromatic nitrogens is 3. The van der Waals surface area contributed by atoms with Crippen LogP contribution < -0.4 is 10.1 Å². The number of rotatable bonds is 7. The smallest absolute Gasteiger partial charge is 0.449 e. The second-order valence-electron chi connectivity index (χ2n) is 9.20. The highest BCUT2D eigenvalue weighted by molar-refractivity contribution is 7.19. The molecule has 0 unspecified atom stereocenters. The summed E-state index contributed by atoms with van der Waals surface area (Å²) in [4.78, 5) is 32.3. The van der Waals surface area contributed by atoms with Gasteiger partial charge in [0.15, 0.2) is 11.6 Å². The van der Waals surface area contributed by atoms with Gasteiger partial charge in [0.25, 0.3) is 5.91 Å². The Kier molecular flexibility index (Phi) is 7.18. The van der Waals surface area contributed by atoms with Crippen LogP contribution in [-0.4, -0.2) is 61.9 Å². The standard InChI is InChI=1S/C25H26ClN5O5S/c1-14(2)30-9-7-15(8-10-30)27-24(32)23-28-18-4-3-17(35-25(33)34)12-19(18)31(23)13-16-11-20(36-29-16)21-5-6-22(26)37-21/h3-6,11-12,14-15H,7-10,13H2,1-2H3,(H,27,32)(H,33,34). The molecule has 4 aromatic rings. The van der Waals surface area contributed by atoms with Gasteiger partial charge in [0, 0.05) is 37.3 Å². The minimum Gasteiger partial charge on any atom is -0.449 e. The van der Waals surface area contributed by atoms with Gasteiger partial charge in [-0.3, -0.25) is 4.79 Å². The normalized spacial score (nSPS) is 14.9. The molecule has 4 heterocycles. The summed E-state index contributed by atoms with van der Waals surface area (Å²) in [5.41, 5.74) is 1.65. The van der Waals surface area contributed by atoms with Crippen molar-refractivity contribution in [1.82, 2.24) is 24.9 Å². The number of carboxylic acid groups (broad SMARTS) is 1. The first-order valence-corrected chi connectivity index (χ1v) is 13.1. The Labute approximate surface area is 221 Å². The molecule has 1 amide bonds. The Morgan fingerprint density at radius 2 is 2.03 bits per heavy atom. The SMILES string of the molecule is CC(C)N1CCC(NC(=O)c2nc3ccc(OC(=O)O)cc3n2Cc2cc(-c3ccc(Cl)s3)on2)CC1. The number of hydrogen-bond donors (Lipinski definition) is 2. The van der Waals surface area contributed by atoms with Crippen LogP contribution in [0, 0.1) is 0 Å². The van der Waals surface area contributed by atoms with Gasteiger partial charge < -0.3 is 29.2 Å². The number of carbonyl (C=O) groups is 2. The lowest BCUT2D eigenvalue weighted by molar-refractivity contribution is 0.0886. The molecule has 10 nitrogen and oxygen atoms in total. The van der Waals surface area contributed by atoms with Gasteiger partial charge in [0.2, 0.25) is 0 Å². The monoisotopic (exact) mass is 543 g/mol. The molecule has 0 aliphatic carbocycles. The van der Waals surface area contributed by atoms with Crippen LogP contribution in [0.4, 0.5) is 4.79 Å². The van der Waals surface area contributed by atoms with Gasteiger partial charge in [-0.05, 0) is 51.0 Å². The largest absolute Gasteiger partial charge is 0.511 e. The number of nitrogens with zero attached hydrogens (tertiary/aromatic N) is 4. The molecule has 0 radical (unpaired) electrons. The van der Waals surface area contributed by atoms with E-state index in [0.29, 0.717) is 32.9 Å². The number of likely N-dealkylation sites (tertiary alicyclic amines) is 1. The number of hydrogen-bond acceptors (Lipinski definition) is 8. The van der Waals surface area contributed by atoms with Gasteiger partial charge in [-0.15, -0.1) is 11.3 Å². The van der Waals surface area contributed by atoms with E-state index in [1.54, 1.807) is 28.8 Å². The van der Waals surface area contributed by atoms with Crippen LogP contribution in [0.15, 0.2) is 40.9 Å². The van der Waals surface area contributed by atoms with Crippen LogP contribution in [0.5, 0.6) is 5.75 Å². The predicted octanol–water partition coefficient (Wildman–Crippen LogP) is 5.11. The summed E-state index contributed by atoms with van der Waals surface area (Å²) in [6, 6.07) is 10.6. The van der Waals surface area contributed by atoms with Gasteiger partial charge in [0.05, 0.1) is 26.8 Å². The van der Waals surface area contributed by atoms with Crippen molar-refractivity contribution in [3.05, 3.63) is 52.3 Å². The lowest BCUT2D eigenvalue weighted by atomic mass is 10.0. The van der Waals surface area contributed by atoms with E-state index < -0.39 is 6.16 Å². The Hall–Kier alpha value is -3.41. The Bertz CT molecular complexity index is 1440. The van der Waals surface area contributed by atoms with Crippen molar-refractivity contribution in [1.29, 1.82) is 0 Å². The summed E-state index contributed by atoms with van der Waals surface area (Å²) in [7, 11) is 0. The Balaban J connectivity index is 1.44. The summed E-state index contributed by atoms with van der Waals surface area (Å²) in [5, 5.41) is 16.3. The molecule has 194 valence electrons. The van der Waals surface area contributed by atoms with Gasteiger partial charge >= 0.3 is 6.16 Å². The fraction of sp³-hybridized carbons (Fsp3) is 0.360. The molecule has 2 N–H and O–H groups in total. The first-order valence-electron chi connectivity index (χ1n) is 11.9. The van der Waals surface area contributed by atoms with Gasteiger partial charge in [-0.25, -0.2) is 9.78 Å². The molecule has 0 spiro atoms. The number of imidazole rings is 1. The zero-order chi connectivity index (χ0) is 26.1. The number of fused-ring (bicyclic) bond motifs is 1. The average molecular weight is 544 g/mol. The highest BCUT2D eigenvalue weighted by atomic mass is 35.5. The molecular weight excluding hydrogens is 518 g/mol. The Morgan fingerprint density at radius 1 is 1.24 bits per heavy atom. The van der Waals surface area contributed by atoms with Crippen LogP contribution >= 0.6 is 22.9 Å². The molecular formula is C25H26ClN5O5S. The van der Waals surface area contributed by atoms with Crippen molar-refractivity contribution >= 4 is 46.0 Å². The van der Waals surface area contributed by atoms with E-state index in [9.17, 15) is 9.59 Å². The number of benzene rings is 1. The molecule has 1 aromatic carbocycles. The van der Waals surface area contributed by atoms with Crippen LogP contribution in [0.25, 0.3) is 21.7 Å². The van der Waals surface area contributed by atoms with Crippen molar-refractivity contribution in [2.24, 2.45) is 0 Å². The van der Waals surface area contributed by atoms with E-state index in [-0.39, 0.29) is 30.1 Å². The van der Waals surface area contributed by atoms with E-state index in [1.165, 1.54) is 17.4 Å². The number of amides is 1. The first-order chi connectivity index (χ1) is 17.8. The molecule has 1 fully saturated rings. The fourth-order valence-corrected chi connectivity index (χ4v) is 5.51. The van der Waals surface area contributed by atoms with Crippen molar-refractivity contribution in [3.8, 4) is 16.4 Å². The summed E-state index contributed by atoms with van der Waals surface area (Å²) >= 11 is 7.43. The first kappa shape index (κ1) is 25.2. The third-order valence-electron chi connectivity index (χ3n) is 6.42. The van der Waals surface area contributed by atoms with E-state index in [0.717, 1.165) is 30.8 Å². The van der Waals surface area contributed by atoms with Gasteiger partial charge in [-0.2, -0.15) is 0 Å². The third kappa shape index (κ3) is 5.63. The highest BCUT2D eigenvalue weighted by Gasteiger charge is 2.26. The number of thiophene rings is 1. The van der Waals surface area contributed by atoms with Crippen LogP contribution in [-0.2, 0) is 6.54 Å². The number of ether oxygens (including phenoxy) is 1. The minimum absolute atomic E-state index is 0.0453. The molecule has 37 heavy (non-hydrogen) atoms. The number of piperidine rings is 1. The average Bonchev–Trinajstić information content (AvgIpc) is 3.58. The predicted molar refractivity (Wildman–Crippen MR) is 140 cm³/mol. The summed E-state index contributed by atoms with van der Waals surface area (Å²) in [6.07, 6.45) is 0.292.